The molecular weight excluding hydrogens is 446 g/mol. The number of rotatable bonds is 5. The molecule has 7 nitrogen and oxygen atoms in total. The van der Waals surface area contributed by atoms with E-state index in [1.54, 1.807) is 0 Å². The van der Waals surface area contributed by atoms with E-state index in [9.17, 15) is 18.8 Å². The van der Waals surface area contributed by atoms with Crippen molar-refractivity contribution in [3.8, 4) is 0 Å². The van der Waals surface area contributed by atoms with Crippen LogP contribution in [0.3, 0.4) is 0 Å². The third-order valence-corrected chi connectivity index (χ3v) is 5.37. The van der Waals surface area contributed by atoms with Gasteiger partial charge < -0.3 is 20.9 Å². The highest BCUT2D eigenvalue weighted by atomic mass is 35.5. The summed E-state index contributed by atoms with van der Waals surface area (Å²) in [5.74, 6) is -2.22. The second-order valence-electron chi connectivity index (χ2n) is 6.94. The van der Waals surface area contributed by atoms with E-state index in [2.05, 4.69) is 5.32 Å². The largest absolute Gasteiger partial charge is 0.351 e. The van der Waals surface area contributed by atoms with Crippen molar-refractivity contribution in [2.75, 3.05) is 26.2 Å². The number of carbonyl (C=O) groups is 3. The van der Waals surface area contributed by atoms with Crippen molar-refractivity contribution in [3.05, 3.63) is 69.5 Å². The van der Waals surface area contributed by atoms with E-state index < -0.39 is 29.7 Å². The molecule has 1 unspecified atom stereocenters. The smallest absolute Gasteiger partial charge is 0.263 e. The Morgan fingerprint density at radius 3 is 2.42 bits per heavy atom. The molecule has 31 heavy (non-hydrogen) atoms. The van der Waals surface area contributed by atoms with Crippen LogP contribution in [-0.4, -0.2) is 59.9 Å². The minimum atomic E-state index is -1.24. The molecule has 0 spiro atoms. The molecule has 1 aliphatic rings. The summed E-state index contributed by atoms with van der Waals surface area (Å²) < 4.78 is 13.7. The minimum Gasteiger partial charge on any atom is -0.351 e. The molecule has 1 aliphatic heterocycles. The molecule has 3 rings (SSSR count). The first kappa shape index (κ1) is 23.0. The number of hydrogen-bond donors (Lipinski definition) is 2. The van der Waals surface area contributed by atoms with E-state index in [0.29, 0.717) is 11.4 Å². The third-order valence-electron chi connectivity index (χ3n) is 4.82. The first-order valence-electron chi connectivity index (χ1n) is 9.64. The second-order valence-corrected chi connectivity index (χ2v) is 7.78. The lowest BCUT2D eigenvalue weighted by molar-refractivity contribution is -0.132. The number of nitrogens with zero attached hydrogens (tertiary/aromatic N) is 2. The predicted octanol–water partition coefficient (Wildman–Crippen LogP) is 2.52. The Morgan fingerprint density at radius 1 is 1.06 bits per heavy atom. The van der Waals surface area contributed by atoms with Crippen molar-refractivity contribution < 1.29 is 18.8 Å². The zero-order valence-corrected chi connectivity index (χ0v) is 18.0. The fraction of sp³-hybridized carbons (Fsp3) is 0.286. The van der Waals surface area contributed by atoms with Gasteiger partial charge in [-0.1, -0.05) is 29.3 Å². The van der Waals surface area contributed by atoms with Crippen molar-refractivity contribution in [1.82, 2.24) is 15.1 Å². The molecule has 0 aliphatic carbocycles. The number of amides is 3. The van der Waals surface area contributed by atoms with Crippen LogP contribution >= 0.6 is 23.2 Å². The van der Waals surface area contributed by atoms with Crippen LogP contribution in [0.5, 0.6) is 0 Å². The first-order valence-corrected chi connectivity index (χ1v) is 10.4. The van der Waals surface area contributed by atoms with Crippen molar-refractivity contribution in [1.29, 1.82) is 0 Å². The Kier molecular flexibility index (Phi) is 7.48. The van der Waals surface area contributed by atoms with Gasteiger partial charge in [0.15, 0.2) is 6.17 Å². The number of benzene rings is 2. The van der Waals surface area contributed by atoms with Crippen LogP contribution in [0.2, 0.25) is 10.0 Å². The maximum absolute atomic E-state index is 13.7. The Morgan fingerprint density at radius 2 is 1.77 bits per heavy atom. The molecule has 2 aromatic rings. The summed E-state index contributed by atoms with van der Waals surface area (Å²) in [7, 11) is 0. The van der Waals surface area contributed by atoms with Gasteiger partial charge in [0.05, 0.1) is 10.6 Å². The highest BCUT2D eigenvalue weighted by molar-refractivity contribution is 6.36. The van der Waals surface area contributed by atoms with Gasteiger partial charge in [-0.25, -0.2) is 4.39 Å². The molecule has 2 aromatic carbocycles. The van der Waals surface area contributed by atoms with E-state index in [1.165, 1.54) is 46.2 Å². The number of hydrogen-bond acceptors (Lipinski definition) is 4. The van der Waals surface area contributed by atoms with Gasteiger partial charge in [0.2, 0.25) is 0 Å². The van der Waals surface area contributed by atoms with E-state index in [0.717, 1.165) is 6.07 Å². The SMILES string of the molecule is NCCNC(=O)C1N(C(=O)c2cccc(F)c2)CCCN1C(=O)c1ccc(Cl)cc1Cl. The van der Waals surface area contributed by atoms with Crippen LogP contribution in [0.1, 0.15) is 27.1 Å². The average Bonchev–Trinajstić information content (AvgIpc) is 2.76. The predicted molar refractivity (Wildman–Crippen MR) is 115 cm³/mol. The maximum Gasteiger partial charge on any atom is 0.263 e. The normalized spacial score (nSPS) is 16.2. The first-order chi connectivity index (χ1) is 14.8. The van der Waals surface area contributed by atoms with Crippen molar-refractivity contribution in [2.24, 2.45) is 5.73 Å². The number of carbonyl (C=O) groups excluding carboxylic acids is 3. The molecule has 1 heterocycles. The molecule has 1 saturated heterocycles. The van der Waals surface area contributed by atoms with E-state index >= 15 is 0 Å². The van der Waals surface area contributed by atoms with Gasteiger partial charge in [0, 0.05) is 36.8 Å². The molecule has 0 bridgehead atoms. The lowest BCUT2D eigenvalue weighted by atomic mass is 10.1. The zero-order valence-electron chi connectivity index (χ0n) is 16.5. The van der Waals surface area contributed by atoms with Crippen LogP contribution < -0.4 is 11.1 Å². The fourth-order valence-electron chi connectivity index (χ4n) is 3.42. The molecule has 1 atom stereocenters. The highest BCUT2D eigenvalue weighted by Crippen LogP contribution is 2.26. The molecule has 164 valence electrons. The van der Waals surface area contributed by atoms with E-state index in [4.69, 9.17) is 28.9 Å². The summed E-state index contributed by atoms with van der Waals surface area (Å²) in [5.41, 5.74) is 5.72. The molecule has 0 radical (unpaired) electrons. The Bertz CT molecular complexity index is 1000. The summed E-state index contributed by atoms with van der Waals surface area (Å²) >= 11 is 12.1. The molecule has 3 amide bonds. The lowest BCUT2D eigenvalue weighted by Gasteiger charge is -2.42. The second kappa shape index (κ2) is 10.1. The average molecular weight is 467 g/mol. The summed E-state index contributed by atoms with van der Waals surface area (Å²) in [6.07, 6.45) is -0.811. The maximum atomic E-state index is 13.7. The van der Waals surface area contributed by atoms with Crippen molar-refractivity contribution in [2.45, 2.75) is 12.6 Å². The van der Waals surface area contributed by atoms with Crippen LogP contribution in [0.15, 0.2) is 42.5 Å². The third kappa shape index (κ3) is 5.15. The quantitative estimate of drug-likeness (QED) is 0.707. The van der Waals surface area contributed by atoms with Gasteiger partial charge in [-0.3, -0.25) is 14.4 Å². The Labute approximate surface area is 188 Å². The van der Waals surface area contributed by atoms with Crippen LogP contribution in [0, 0.1) is 5.82 Å². The van der Waals surface area contributed by atoms with Gasteiger partial charge in [-0.15, -0.1) is 0 Å². The summed E-state index contributed by atoms with van der Waals surface area (Å²) in [6.45, 7) is 0.800. The molecule has 1 fully saturated rings. The molecular formula is C21H21Cl2FN4O3. The molecule has 0 aromatic heterocycles. The van der Waals surface area contributed by atoms with Gasteiger partial charge in [0.1, 0.15) is 5.82 Å². The van der Waals surface area contributed by atoms with Crippen molar-refractivity contribution >= 4 is 40.9 Å². The summed E-state index contributed by atoms with van der Waals surface area (Å²) in [5, 5.41) is 3.12. The van der Waals surface area contributed by atoms with Crippen LogP contribution in [-0.2, 0) is 4.79 Å². The van der Waals surface area contributed by atoms with Gasteiger partial charge >= 0.3 is 0 Å². The van der Waals surface area contributed by atoms with Gasteiger partial charge in [-0.05, 0) is 42.8 Å². The standard InChI is InChI=1S/C21H21Cl2FN4O3/c22-14-5-6-16(17(23)12-14)21(31)28-10-2-9-27(19(28)18(29)26-8-7-25)20(30)13-3-1-4-15(24)11-13/h1,3-6,11-12,19H,2,7-10,25H2,(H,26,29). The number of halogens is 3. The summed E-state index contributed by atoms with van der Waals surface area (Å²) in [4.78, 5) is 41.9. The van der Waals surface area contributed by atoms with Gasteiger partial charge in [0.25, 0.3) is 17.7 Å². The lowest BCUT2D eigenvalue weighted by Crippen LogP contribution is -2.63. The monoisotopic (exact) mass is 466 g/mol. The number of nitrogens with two attached hydrogens (primary N) is 1. The van der Waals surface area contributed by atoms with E-state index in [1.807, 2.05) is 0 Å². The molecule has 10 heteroatoms. The van der Waals surface area contributed by atoms with E-state index in [-0.39, 0.29) is 42.3 Å². The topological polar surface area (TPSA) is 95.7 Å². The van der Waals surface area contributed by atoms with Crippen LogP contribution in [0.25, 0.3) is 0 Å². The number of nitrogens with one attached hydrogen (secondary N) is 1. The Balaban J connectivity index is 1.98. The molecule has 0 saturated carbocycles. The molecule has 3 N–H and O–H groups in total. The van der Waals surface area contributed by atoms with Crippen LogP contribution in [0.4, 0.5) is 4.39 Å². The summed E-state index contributed by atoms with van der Waals surface area (Å²) in [6, 6.07) is 9.59. The highest BCUT2D eigenvalue weighted by Gasteiger charge is 2.41. The fourth-order valence-corrected chi connectivity index (χ4v) is 3.91. The van der Waals surface area contributed by atoms with Gasteiger partial charge in [-0.2, -0.15) is 0 Å². The zero-order chi connectivity index (χ0) is 22.5. The Hall–Kier alpha value is -2.68. The minimum absolute atomic E-state index is 0.0791. The van der Waals surface area contributed by atoms with Crippen molar-refractivity contribution in [3.63, 3.8) is 0 Å².